The van der Waals surface area contributed by atoms with Crippen molar-refractivity contribution in [2.75, 3.05) is 0 Å². The number of aliphatic hydroxyl groups is 1. The summed E-state index contributed by atoms with van der Waals surface area (Å²) >= 11 is 0. The number of aliphatic hydroxyl groups excluding tert-OH is 1. The highest BCUT2D eigenvalue weighted by molar-refractivity contribution is 5.89. The van der Waals surface area contributed by atoms with Crippen molar-refractivity contribution in [1.29, 1.82) is 0 Å². The molecule has 2 unspecified atom stereocenters. The van der Waals surface area contributed by atoms with Crippen molar-refractivity contribution in [3.05, 3.63) is 46.3 Å². The van der Waals surface area contributed by atoms with E-state index < -0.39 is 24.2 Å². The zero-order chi connectivity index (χ0) is 13.7. The van der Waals surface area contributed by atoms with Crippen LogP contribution in [0.5, 0.6) is 0 Å². The van der Waals surface area contributed by atoms with Gasteiger partial charge in [-0.25, -0.2) is 4.79 Å². The monoisotopic (exact) mass is 261 g/mol. The molecule has 1 aromatic rings. The molecule has 1 fully saturated rings. The number of azide groups is 1. The number of rotatable bonds is 3. The zero-order valence-corrected chi connectivity index (χ0v) is 10.3. The standard InChI is InChI=1S/C13H15N3O3/c14-16-15-10-7-4-8-11(12(10)17)19-13(18)9-5-2-1-3-6-9/h1-3,5-6,10-12,17H,4,7-8H2/t10?,11-,12?/m1/s1. The number of nitrogens with zero attached hydrogens (tertiary/aromatic N) is 3. The van der Waals surface area contributed by atoms with Crippen LogP contribution in [0.1, 0.15) is 29.6 Å². The molecule has 0 spiro atoms. The number of esters is 1. The van der Waals surface area contributed by atoms with Crippen molar-refractivity contribution < 1.29 is 14.6 Å². The molecule has 100 valence electrons. The summed E-state index contributed by atoms with van der Waals surface area (Å²) in [5, 5.41) is 13.5. The van der Waals surface area contributed by atoms with Crippen LogP contribution in [0.15, 0.2) is 35.4 Å². The number of ether oxygens (including phenoxy) is 1. The van der Waals surface area contributed by atoms with Crippen LogP contribution in [0.2, 0.25) is 0 Å². The van der Waals surface area contributed by atoms with Crippen LogP contribution in [0, 0.1) is 0 Å². The first kappa shape index (κ1) is 13.4. The van der Waals surface area contributed by atoms with Crippen molar-refractivity contribution in [3.63, 3.8) is 0 Å². The first-order valence-corrected chi connectivity index (χ1v) is 6.20. The third kappa shape index (κ3) is 3.24. The Bertz CT molecular complexity index is 485. The smallest absolute Gasteiger partial charge is 0.338 e. The fraction of sp³-hybridized carbons (Fsp3) is 0.462. The molecule has 0 aromatic heterocycles. The lowest BCUT2D eigenvalue weighted by molar-refractivity contribution is -0.0437. The average Bonchev–Trinajstić information content (AvgIpc) is 2.44. The van der Waals surface area contributed by atoms with Gasteiger partial charge in [-0.15, -0.1) is 0 Å². The van der Waals surface area contributed by atoms with Crippen molar-refractivity contribution in [2.45, 2.75) is 37.5 Å². The van der Waals surface area contributed by atoms with Crippen molar-refractivity contribution in [2.24, 2.45) is 5.11 Å². The summed E-state index contributed by atoms with van der Waals surface area (Å²) in [6.45, 7) is 0. The van der Waals surface area contributed by atoms with Gasteiger partial charge in [0.2, 0.25) is 0 Å². The normalized spacial score (nSPS) is 26.3. The highest BCUT2D eigenvalue weighted by Crippen LogP contribution is 2.25. The van der Waals surface area contributed by atoms with E-state index in [9.17, 15) is 9.90 Å². The largest absolute Gasteiger partial charge is 0.456 e. The van der Waals surface area contributed by atoms with E-state index in [1.165, 1.54) is 0 Å². The van der Waals surface area contributed by atoms with E-state index >= 15 is 0 Å². The second kappa shape index (κ2) is 6.22. The molecule has 1 aliphatic carbocycles. The summed E-state index contributed by atoms with van der Waals surface area (Å²) in [6.07, 6.45) is 0.407. The molecule has 6 heteroatoms. The van der Waals surface area contributed by atoms with E-state index in [2.05, 4.69) is 10.0 Å². The van der Waals surface area contributed by atoms with Gasteiger partial charge in [-0.05, 0) is 36.9 Å². The van der Waals surface area contributed by atoms with E-state index in [-0.39, 0.29) is 0 Å². The molecule has 0 aliphatic heterocycles. The average molecular weight is 261 g/mol. The number of carbonyl (C=O) groups is 1. The number of carbonyl (C=O) groups excluding carboxylic acids is 1. The summed E-state index contributed by atoms with van der Waals surface area (Å²) in [4.78, 5) is 14.6. The van der Waals surface area contributed by atoms with Crippen LogP contribution in [0.4, 0.5) is 0 Å². The Hall–Kier alpha value is -2.04. The lowest BCUT2D eigenvalue weighted by Crippen LogP contribution is -2.42. The molecular formula is C13H15N3O3. The van der Waals surface area contributed by atoms with Crippen LogP contribution in [0.3, 0.4) is 0 Å². The maximum absolute atomic E-state index is 11.9. The molecule has 0 radical (unpaired) electrons. The van der Waals surface area contributed by atoms with Gasteiger partial charge in [0.15, 0.2) is 0 Å². The van der Waals surface area contributed by atoms with Gasteiger partial charge < -0.3 is 9.84 Å². The molecule has 1 aliphatic rings. The lowest BCUT2D eigenvalue weighted by Gasteiger charge is -2.31. The maximum atomic E-state index is 11.9. The van der Waals surface area contributed by atoms with Gasteiger partial charge in [0.1, 0.15) is 6.10 Å². The fourth-order valence-electron chi connectivity index (χ4n) is 2.22. The van der Waals surface area contributed by atoms with Gasteiger partial charge >= 0.3 is 5.97 Å². The summed E-state index contributed by atoms with van der Waals surface area (Å²) in [7, 11) is 0. The summed E-state index contributed by atoms with van der Waals surface area (Å²) < 4.78 is 5.29. The molecular weight excluding hydrogens is 246 g/mol. The molecule has 0 bridgehead atoms. The van der Waals surface area contributed by atoms with E-state index in [0.29, 0.717) is 18.4 Å². The molecule has 19 heavy (non-hydrogen) atoms. The van der Waals surface area contributed by atoms with Gasteiger partial charge in [0, 0.05) is 4.91 Å². The van der Waals surface area contributed by atoms with Crippen molar-refractivity contribution in [1.82, 2.24) is 0 Å². The second-order valence-corrected chi connectivity index (χ2v) is 4.50. The van der Waals surface area contributed by atoms with Crippen molar-refractivity contribution in [3.8, 4) is 0 Å². The topological polar surface area (TPSA) is 95.3 Å². The van der Waals surface area contributed by atoms with Crippen LogP contribution < -0.4 is 0 Å². The Morgan fingerprint density at radius 2 is 2.11 bits per heavy atom. The minimum Gasteiger partial charge on any atom is -0.456 e. The summed E-state index contributed by atoms with van der Waals surface area (Å²) in [5.74, 6) is -0.466. The Labute approximate surface area is 110 Å². The quantitative estimate of drug-likeness (QED) is 0.391. The van der Waals surface area contributed by atoms with Crippen LogP contribution >= 0.6 is 0 Å². The highest BCUT2D eigenvalue weighted by atomic mass is 16.6. The van der Waals surface area contributed by atoms with Crippen LogP contribution in [-0.4, -0.2) is 29.3 Å². The van der Waals surface area contributed by atoms with Gasteiger partial charge in [0.25, 0.3) is 0 Å². The SMILES string of the molecule is [N-]=[N+]=NC1CCC[C@@H](OC(=O)c2ccccc2)C1O. The highest BCUT2D eigenvalue weighted by Gasteiger charge is 2.33. The Kier molecular flexibility index (Phi) is 4.39. The molecule has 2 rings (SSSR count). The van der Waals surface area contributed by atoms with E-state index in [1.807, 2.05) is 6.07 Å². The maximum Gasteiger partial charge on any atom is 0.338 e. The Balaban J connectivity index is 2.02. The third-order valence-corrected chi connectivity index (χ3v) is 3.23. The molecule has 6 nitrogen and oxygen atoms in total. The summed E-state index contributed by atoms with van der Waals surface area (Å²) in [6, 6.07) is 8.09. The van der Waals surface area contributed by atoms with Crippen LogP contribution in [-0.2, 0) is 4.74 Å². The first-order chi connectivity index (χ1) is 9.22. The van der Waals surface area contributed by atoms with E-state index in [1.54, 1.807) is 24.3 Å². The minimum absolute atomic E-state index is 0.445. The van der Waals surface area contributed by atoms with Gasteiger partial charge in [-0.2, -0.15) is 0 Å². The molecule has 0 saturated heterocycles. The fourth-order valence-corrected chi connectivity index (χ4v) is 2.22. The number of hydrogen-bond donors (Lipinski definition) is 1. The Morgan fingerprint density at radius 3 is 2.79 bits per heavy atom. The lowest BCUT2D eigenvalue weighted by atomic mass is 9.90. The summed E-state index contributed by atoms with van der Waals surface area (Å²) in [5.41, 5.74) is 8.87. The molecule has 1 aromatic carbocycles. The number of hydrogen-bond acceptors (Lipinski definition) is 4. The first-order valence-electron chi connectivity index (χ1n) is 6.20. The van der Waals surface area contributed by atoms with E-state index in [0.717, 1.165) is 6.42 Å². The van der Waals surface area contributed by atoms with Crippen LogP contribution in [0.25, 0.3) is 10.4 Å². The predicted molar refractivity (Wildman–Crippen MR) is 68.4 cm³/mol. The zero-order valence-electron chi connectivity index (χ0n) is 10.3. The van der Waals surface area contributed by atoms with E-state index in [4.69, 9.17) is 10.3 Å². The molecule has 3 atom stereocenters. The van der Waals surface area contributed by atoms with Gasteiger partial charge in [-0.3, -0.25) is 0 Å². The molecule has 1 N–H and O–H groups in total. The van der Waals surface area contributed by atoms with Gasteiger partial charge in [-0.1, -0.05) is 23.3 Å². The predicted octanol–water partition coefficient (Wildman–Crippen LogP) is 2.44. The number of benzene rings is 1. The third-order valence-electron chi connectivity index (χ3n) is 3.23. The molecule has 0 heterocycles. The van der Waals surface area contributed by atoms with Gasteiger partial charge in [0.05, 0.1) is 17.7 Å². The molecule has 1 saturated carbocycles. The van der Waals surface area contributed by atoms with Crippen molar-refractivity contribution >= 4 is 5.97 Å². The minimum atomic E-state index is -0.933. The second-order valence-electron chi connectivity index (χ2n) is 4.50. The Morgan fingerprint density at radius 1 is 1.37 bits per heavy atom. The molecule has 0 amide bonds.